The SMILES string of the molecule is COc1ccc(S(C)(C)C2(C)C=CC=CC2)cc1. The van der Waals surface area contributed by atoms with Gasteiger partial charge in [0.05, 0.1) is 7.11 Å². The van der Waals surface area contributed by atoms with Crippen molar-refractivity contribution in [2.45, 2.75) is 23.0 Å². The first-order chi connectivity index (χ1) is 8.49. The fraction of sp³-hybridized carbons (Fsp3) is 0.375. The highest BCUT2D eigenvalue weighted by Gasteiger charge is 2.35. The minimum absolute atomic E-state index is 0.246. The van der Waals surface area contributed by atoms with E-state index in [4.69, 9.17) is 4.74 Å². The van der Waals surface area contributed by atoms with Gasteiger partial charge in [-0.25, -0.2) is 10.0 Å². The van der Waals surface area contributed by atoms with Crippen molar-refractivity contribution in [1.29, 1.82) is 0 Å². The molecular weight excluding hydrogens is 240 g/mol. The average molecular weight is 262 g/mol. The Hall–Kier alpha value is -1.15. The van der Waals surface area contributed by atoms with Crippen LogP contribution in [0.3, 0.4) is 0 Å². The van der Waals surface area contributed by atoms with Crippen molar-refractivity contribution in [2.24, 2.45) is 0 Å². The highest BCUT2D eigenvalue weighted by molar-refractivity contribution is 8.33. The Kier molecular flexibility index (Phi) is 3.58. The van der Waals surface area contributed by atoms with Crippen LogP contribution in [-0.2, 0) is 0 Å². The van der Waals surface area contributed by atoms with Crippen LogP contribution >= 0.6 is 10.0 Å². The summed E-state index contributed by atoms with van der Waals surface area (Å²) in [4.78, 5) is 1.44. The first-order valence-electron chi connectivity index (χ1n) is 6.21. The lowest BCUT2D eigenvalue weighted by atomic mass is 10.0. The van der Waals surface area contributed by atoms with Crippen LogP contribution in [-0.4, -0.2) is 24.4 Å². The minimum atomic E-state index is -0.880. The first kappa shape index (κ1) is 13.3. The van der Waals surface area contributed by atoms with Gasteiger partial charge >= 0.3 is 0 Å². The summed E-state index contributed by atoms with van der Waals surface area (Å²) in [6.07, 6.45) is 14.9. The van der Waals surface area contributed by atoms with Crippen molar-refractivity contribution in [3.05, 3.63) is 48.6 Å². The van der Waals surface area contributed by atoms with Gasteiger partial charge in [-0.3, -0.25) is 0 Å². The molecule has 0 spiro atoms. The van der Waals surface area contributed by atoms with E-state index in [1.165, 1.54) is 4.90 Å². The van der Waals surface area contributed by atoms with E-state index in [1.54, 1.807) is 7.11 Å². The number of ether oxygens (including phenoxy) is 1. The fourth-order valence-corrected chi connectivity index (χ4v) is 4.56. The predicted molar refractivity (Wildman–Crippen MR) is 82.0 cm³/mol. The van der Waals surface area contributed by atoms with Crippen LogP contribution in [0.25, 0.3) is 0 Å². The molecular formula is C16H22OS. The van der Waals surface area contributed by atoms with Crippen molar-refractivity contribution in [3.63, 3.8) is 0 Å². The first-order valence-corrected chi connectivity index (χ1v) is 8.66. The molecule has 98 valence electrons. The standard InChI is InChI=1S/C16H22OS/c1-16(12-6-5-7-13-16)18(3,4)15-10-8-14(17-2)9-11-15/h5-12H,13H2,1-4H3. The lowest BCUT2D eigenvalue weighted by molar-refractivity contribution is 0.414. The Bertz CT molecular complexity index is 470. The Morgan fingerprint density at radius 1 is 1.11 bits per heavy atom. The normalized spacial score (nSPS) is 24.0. The zero-order valence-electron chi connectivity index (χ0n) is 11.6. The molecule has 0 N–H and O–H groups in total. The van der Waals surface area contributed by atoms with Gasteiger partial charge in [-0.2, -0.15) is 0 Å². The van der Waals surface area contributed by atoms with Gasteiger partial charge in [0.1, 0.15) is 5.75 Å². The van der Waals surface area contributed by atoms with E-state index in [0.29, 0.717) is 0 Å². The van der Waals surface area contributed by atoms with Crippen LogP contribution in [0.1, 0.15) is 13.3 Å². The molecule has 0 bridgehead atoms. The van der Waals surface area contributed by atoms with E-state index in [1.807, 2.05) is 0 Å². The summed E-state index contributed by atoms with van der Waals surface area (Å²) in [6.45, 7) is 2.37. The average Bonchev–Trinajstić information content (AvgIpc) is 2.39. The van der Waals surface area contributed by atoms with E-state index in [2.05, 4.69) is 68.0 Å². The summed E-state index contributed by atoms with van der Waals surface area (Å²) in [6, 6.07) is 8.56. The third kappa shape index (κ3) is 2.22. The van der Waals surface area contributed by atoms with Crippen LogP contribution in [0.2, 0.25) is 0 Å². The summed E-state index contributed by atoms with van der Waals surface area (Å²) in [5.41, 5.74) is 0. The second-order valence-electron chi connectivity index (χ2n) is 5.31. The summed E-state index contributed by atoms with van der Waals surface area (Å²) >= 11 is 0. The van der Waals surface area contributed by atoms with E-state index >= 15 is 0 Å². The second-order valence-corrected chi connectivity index (χ2v) is 9.36. The maximum absolute atomic E-state index is 5.24. The van der Waals surface area contributed by atoms with E-state index in [0.717, 1.165) is 12.2 Å². The van der Waals surface area contributed by atoms with Gasteiger partial charge < -0.3 is 4.74 Å². The molecule has 1 aliphatic carbocycles. The molecule has 0 radical (unpaired) electrons. The van der Waals surface area contributed by atoms with Crippen LogP contribution in [0, 0.1) is 0 Å². The van der Waals surface area contributed by atoms with Crippen LogP contribution in [0.4, 0.5) is 0 Å². The van der Waals surface area contributed by atoms with E-state index in [9.17, 15) is 0 Å². The molecule has 0 aromatic heterocycles. The molecule has 1 aromatic rings. The van der Waals surface area contributed by atoms with Gasteiger partial charge in [0.25, 0.3) is 0 Å². The smallest absolute Gasteiger partial charge is 0.118 e. The predicted octanol–water partition coefficient (Wildman–Crippen LogP) is 4.39. The number of rotatable bonds is 3. The Balaban J connectivity index is 2.34. The van der Waals surface area contributed by atoms with E-state index < -0.39 is 10.0 Å². The minimum Gasteiger partial charge on any atom is -0.497 e. The van der Waals surface area contributed by atoms with Gasteiger partial charge in [0.15, 0.2) is 0 Å². The third-order valence-corrected chi connectivity index (χ3v) is 8.12. The molecule has 2 heteroatoms. The van der Waals surface area contributed by atoms with Crippen LogP contribution < -0.4 is 4.74 Å². The molecule has 2 rings (SSSR count). The van der Waals surface area contributed by atoms with Gasteiger partial charge in [-0.05, 0) is 55.0 Å². The number of hydrogen-bond donors (Lipinski definition) is 0. The second kappa shape index (κ2) is 4.85. The zero-order valence-corrected chi connectivity index (χ0v) is 12.5. The highest BCUT2D eigenvalue weighted by atomic mass is 32.3. The molecule has 0 aliphatic heterocycles. The van der Waals surface area contributed by atoms with Crippen molar-refractivity contribution in [3.8, 4) is 5.75 Å². The number of allylic oxidation sites excluding steroid dienone is 3. The third-order valence-electron chi connectivity index (χ3n) is 4.03. The molecule has 1 aromatic carbocycles. The highest BCUT2D eigenvalue weighted by Crippen LogP contribution is 2.62. The summed E-state index contributed by atoms with van der Waals surface area (Å²) in [7, 11) is 0.831. The monoisotopic (exact) mass is 262 g/mol. The Labute approximate surface area is 112 Å². The number of benzene rings is 1. The van der Waals surface area contributed by atoms with Crippen molar-refractivity contribution in [2.75, 3.05) is 19.6 Å². The van der Waals surface area contributed by atoms with Crippen molar-refractivity contribution in [1.82, 2.24) is 0 Å². The van der Waals surface area contributed by atoms with Gasteiger partial charge in [0.2, 0.25) is 0 Å². The molecule has 1 atom stereocenters. The Morgan fingerprint density at radius 2 is 1.78 bits per heavy atom. The van der Waals surface area contributed by atoms with Crippen LogP contribution in [0.15, 0.2) is 53.5 Å². The van der Waals surface area contributed by atoms with E-state index in [-0.39, 0.29) is 4.75 Å². The lowest BCUT2D eigenvalue weighted by Gasteiger charge is -2.48. The number of methoxy groups -OCH3 is 1. The van der Waals surface area contributed by atoms with Crippen molar-refractivity contribution < 1.29 is 4.74 Å². The zero-order chi connectivity index (χ0) is 13.2. The van der Waals surface area contributed by atoms with Crippen molar-refractivity contribution >= 4 is 10.0 Å². The summed E-state index contributed by atoms with van der Waals surface area (Å²) in [5.74, 6) is 0.929. The Morgan fingerprint density at radius 3 is 2.28 bits per heavy atom. The summed E-state index contributed by atoms with van der Waals surface area (Å²) in [5, 5.41) is 0. The molecule has 1 unspecified atom stereocenters. The lowest BCUT2D eigenvalue weighted by Crippen LogP contribution is -2.29. The maximum atomic E-state index is 5.24. The van der Waals surface area contributed by atoms with Gasteiger partial charge in [-0.15, -0.1) is 0 Å². The molecule has 0 amide bonds. The molecule has 0 heterocycles. The topological polar surface area (TPSA) is 9.23 Å². The molecule has 1 nitrogen and oxygen atoms in total. The fourth-order valence-electron chi connectivity index (χ4n) is 2.27. The molecule has 0 saturated carbocycles. The number of hydrogen-bond acceptors (Lipinski definition) is 1. The van der Waals surface area contributed by atoms with Gasteiger partial charge in [0, 0.05) is 4.75 Å². The maximum Gasteiger partial charge on any atom is 0.118 e. The molecule has 0 saturated heterocycles. The largest absolute Gasteiger partial charge is 0.497 e. The van der Waals surface area contributed by atoms with Crippen LogP contribution in [0.5, 0.6) is 5.75 Å². The molecule has 0 fully saturated rings. The summed E-state index contributed by atoms with van der Waals surface area (Å²) < 4.78 is 5.48. The van der Waals surface area contributed by atoms with Gasteiger partial charge in [-0.1, -0.05) is 24.3 Å². The molecule has 1 aliphatic rings. The quantitative estimate of drug-likeness (QED) is 0.785. The molecule has 18 heavy (non-hydrogen) atoms.